The van der Waals surface area contributed by atoms with Gasteiger partial charge in [-0.3, -0.25) is 14.5 Å². The Morgan fingerprint density at radius 2 is 1.69 bits per heavy atom. The molecule has 0 atom stereocenters. The van der Waals surface area contributed by atoms with Gasteiger partial charge in [0.1, 0.15) is 0 Å². The second kappa shape index (κ2) is 8.80. The Balaban J connectivity index is 1.33. The van der Waals surface area contributed by atoms with E-state index >= 15 is 0 Å². The molecule has 0 aliphatic carbocycles. The summed E-state index contributed by atoms with van der Waals surface area (Å²) in [7, 11) is 1.74. The highest BCUT2D eigenvalue weighted by molar-refractivity contribution is 7.99. The van der Waals surface area contributed by atoms with Crippen LogP contribution >= 0.6 is 11.8 Å². The molecule has 0 N–H and O–H groups in total. The Bertz CT molecular complexity index is 1060. The molecule has 2 heterocycles. The minimum Gasteiger partial charge on any atom is -0.339 e. The molecule has 150 valence electrons. The van der Waals surface area contributed by atoms with Gasteiger partial charge in [-0.05, 0) is 17.7 Å². The number of nitrogens with zero attached hydrogens (tertiary/aromatic N) is 4. The molecule has 1 aliphatic rings. The van der Waals surface area contributed by atoms with Crippen LogP contribution in [0.3, 0.4) is 0 Å². The van der Waals surface area contributed by atoms with Crippen LogP contribution < -0.4 is 5.56 Å². The van der Waals surface area contributed by atoms with E-state index in [-0.39, 0.29) is 17.2 Å². The molecule has 4 rings (SSSR count). The van der Waals surface area contributed by atoms with E-state index in [0.717, 1.165) is 43.8 Å². The number of rotatable bonds is 5. The minimum atomic E-state index is -0.158. The summed E-state index contributed by atoms with van der Waals surface area (Å²) in [6.07, 6.45) is 0. The molecule has 29 heavy (non-hydrogen) atoms. The summed E-state index contributed by atoms with van der Waals surface area (Å²) in [4.78, 5) is 33.9. The quantitative estimate of drug-likeness (QED) is 0.607. The molecule has 1 amide bonds. The second-order valence-corrected chi connectivity index (χ2v) is 8.17. The van der Waals surface area contributed by atoms with Crippen LogP contribution in [0.1, 0.15) is 5.56 Å². The molecule has 3 aromatic rings. The van der Waals surface area contributed by atoms with Gasteiger partial charge in [0.2, 0.25) is 5.91 Å². The number of thioether (sulfide) groups is 1. The maximum Gasteiger partial charge on any atom is 0.283 e. The highest BCUT2D eigenvalue weighted by atomic mass is 32.2. The molecule has 0 radical (unpaired) electrons. The molecular weight excluding hydrogens is 384 g/mol. The average Bonchev–Trinajstić information content (AvgIpc) is 2.76. The van der Waals surface area contributed by atoms with E-state index in [1.54, 1.807) is 11.6 Å². The fraction of sp³-hybridized carbons (Fsp3) is 0.318. The third-order valence-corrected chi connectivity index (χ3v) is 6.19. The van der Waals surface area contributed by atoms with Gasteiger partial charge in [-0.1, -0.05) is 54.2 Å². The third kappa shape index (κ3) is 4.52. The fourth-order valence-electron chi connectivity index (χ4n) is 3.56. The highest BCUT2D eigenvalue weighted by Gasteiger charge is 2.22. The Hall–Kier alpha value is -2.64. The van der Waals surface area contributed by atoms with Gasteiger partial charge in [-0.2, -0.15) is 0 Å². The van der Waals surface area contributed by atoms with E-state index in [2.05, 4.69) is 34.1 Å². The summed E-state index contributed by atoms with van der Waals surface area (Å²) in [5.74, 6) is 0.297. The lowest BCUT2D eigenvalue weighted by Gasteiger charge is -2.34. The smallest absolute Gasteiger partial charge is 0.283 e. The molecular formula is C22H24N4O2S. The molecule has 0 spiro atoms. The average molecular weight is 409 g/mol. The first-order valence-electron chi connectivity index (χ1n) is 9.74. The summed E-state index contributed by atoms with van der Waals surface area (Å²) in [6, 6.07) is 17.9. The Labute approximate surface area is 174 Å². The number of hydrogen-bond acceptors (Lipinski definition) is 5. The Morgan fingerprint density at radius 3 is 2.45 bits per heavy atom. The van der Waals surface area contributed by atoms with Crippen molar-refractivity contribution in [3.63, 3.8) is 0 Å². The molecule has 2 aromatic carbocycles. The lowest BCUT2D eigenvalue weighted by Crippen LogP contribution is -2.48. The molecule has 0 unspecified atom stereocenters. The lowest BCUT2D eigenvalue weighted by atomic mass is 10.2. The van der Waals surface area contributed by atoms with Crippen LogP contribution in [0.2, 0.25) is 0 Å². The van der Waals surface area contributed by atoms with E-state index in [0.29, 0.717) is 5.03 Å². The topological polar surface area (TPSA) is 58.4 Å². The number of amides is 1. The van der Waals surface area contributed by atoms with E-state index in [4.69, 9.17) is 0 Å². The van der Waals surface area contributed by atoms with Gasteiger partial charge in [0.05, 0.1) is 16.8 Å². The van der Waals surface area contributed by atoms with Crippen LogP contribution in [-0.4, -0.2) is 57.2 Å². The fourth-order valence-corrected chi connectivity index (χ4v) is 4.43. The zero-order chi connectivity index (χ0) is 20.2. The number of benzene rings is 2. The van der Waals surface area contributed by atoms with Crippen molar-refractivity contribution in [3.8, 4) is 0 Å². The molecule has 1 saturated heterocycles. The predicted octanol–water partition coefficient (Wildman–Crippen LogP) is 2.37. The number of para-hydroxylation sites is 2. The van der Waals surface area contributed by atoms with Crippen molar-refractivity contribution in [1.82, 2.24) is 19.4 Å². The molecule has 1 fully saturated rings. The zero-order valence-corrected chi connectivity index (χ0v) is 17.3. The first-order valence-corrected chi connectivity index (χ1v) is 10.7. The van der Waals surface area contributed by atoms with Crippen molar-refractivity contribution in [2.45, 2.75) is 11.6 Å². The van der Waals surface area contributed by atoms with Gasteiger partial charge in [-0.25, -0.2) is 4.98 Å². The normalized spacial score (nSPS) is 15.0. The predicted molar refractivity (Wildman–Crippen MR) is 116 cm³/mol. The molecule has 0 bridgehead atoms. The Morgan fingerprint density at radius 1 is 1.00 bits per heavy atom. The van der Waals surface area contributed by atoms with Crippen LogP contribution in [0.15, 0.2) is 64.4 Å². The number of carbonyl (C=O) groups is 1. The van der Waals surface area contributed by atoms with Crippen molar-refractivity contribution in [3.05, 3.63) is 70.5 Å². The van der Waals surface area contributed by atoms with Gasteiger partial charge in [-0.15, -0.1) is 0 Å². The van der Waals surface area contributed by atoms with Gasteiger partial charge < -0.3 is 9.47 Å². The summed E-state index contributed by atoms with van der Waals surface area (Å²) in [6.45, 7) is 4.07. The first-order chi connectivity index (χ1) is 14.1. The van der Waals surface area contributed by atoms with Crippen molar-refractivity contribution in [2.75, 3.05) is 31.9 Å². The number of aromatic nitrogens is 2. The summed E-state index contributed by atoms with van der Waals surface area (Å²) < 4.78 is 1.59. The maximum absolute atomic E-state index is 12.6. The van der Waals surface area contributed by atoms with Crippen LogP contribution in [0, 0.1) is 0 Å². The first kappa shape index (κ1) is 19.7. The minimum absolute atomic E-state index is 0.0615. The number of aryl methyl sites for hydroxylation is 1. The summed E-state index contributed by atoms with van der Waals surface area (Å²) in [5.41, 5.74) is 2.69. The molecule has 1 aromatic heterocycles. The second-order valence-electron chi connectivity index (χ2n) is 7.20. The van der Waals surface area contributed by atoms with Crippen LogP contribution in [-0.2, 0) is 18.4 Å². The number of fused-ring (bicyclic) bond motifs is 1. The van der Waals surface area contributed by atoms with Crippen molar-refractivity contribution < 1.29 is 4.79 Å². The van der Waals surface area contributed by atoms with Gasteiger partial charge >= 0.3 is 0 Å². The van der Waals surface area contributed by atoms with Crippen molar-refractivity contribution in [2.24, 2.45) is 7.05 Å². The van der Waals surface area contributed by atoms with Gasteiger partial charge in [0, 0.05) is 39.8 Å². The largest absolute Gasteiger partial charge is 0.339 e. The van der Waals surface area contributed by atoms with Crippen molar-refractivity contribution >= 4 is 28.7 Å². The third-order valence-electron chi connectivity index (χ3n) is 5.26. The van der Waals surface area contributed by atoms with Gasteiger partial charge in [0.25, 0.3) is 5.56 Å². The summed E-state index contributed by atoms with van der Waals surface area (Å²) in [5, 5.41) is 0.377. The number of piperazine rings is 1. The number of carbonyl (C=O) groups excluding carboxylic acids is 1. The molecule has 6 nitrogen and oxygen atoms in total. The van der Waals surface area contributed by atoms with E-state index in [9.17, 15) is 9.59 Å². The SMILES string of the molecule is Cn1c(=O)c(SCC(=O)N2CCN(Cc3ccccc3)CC2)nc2ccccc21. The summed E-state index contributed by atoms with van der Waals surface area (Å²) >= 11 is 1.23. The van der Waals surface area contributed by atoms with Crippen molar-refractivity contribution in [1.29, 1.82) is 0 Å². The maximum atomic E-state index is 12.6. The van der Waals surface area contributed by atoms with E-state index in [1.165, 1.54) is 17.3 Å². The van der Waals surface area contributed by atoms with Crippen LogP contribution in [0.5, 0.6) is 0 Å². The molecule has 0 saturated carbocycles. The monoisotopic (exact) mass is 408 g/mol. The van der Waals surface area contributed by atoms with Crippen LogP contribution in [0.25, 0.3) is 11.0 Å². The van der Waals surface area contributed by atoms with E-state index < -0.39 is 0 Å². The zero-order valence-electron chi connectivity index (χ0n) is 16.5. The molecule has 7 heteroatoms. The standard InChI is InChI=1S/C22H24N4O2S/c1-24-19-10-6-5-9-18(19)23-21(22(24)28)29-16-20(27)26-13-11-25(12-14-26)15-17-7-3-2-4-8-17/h2-10H,11-16H2,1H3. The Kier molecular flexibility index (Phi) is 5.97. The number of hydrogen-bond donors (Lipinski definition) is 0. The van der Waals surface area contributed by atoms with Crippen LogP contribution in [0.4, 0.5) is 0 Å². The molecule has 1 aliphatic heterocycles. The lowest BCUT2D eigenvalue weighted by molar-refractivity contribution is -0.130. The van der Waals surface area contributed by atoms with E-state index in [1.807, 2.05) is 35.2 Å². The highest BCUT2D eigenvalue weighted by Crippen LogP contribution is 2.17. The van der Waals surface area contributed by atoms with Gasteiger partial charge in [0.15, 0.2) is 5.03 Å².